The highest BCUT2D eigenvalue weighted by atomic mass is 32.1. The molecule has 1 atom stereocenters. The number of ether oxygens (including phenoxy) is 2. The lowest BCUT2D eigenvalue weighted by Gasteiger charge is -2.32. The Balaban J connectivity index is 1.45. The van der Waals surface area contributed by atoms with Crippen molar-refractivity contribution < 1.29 is 14.3 Å². The van der Waals surface area contributed by atoms with Crippen LogP contribution in [0, 0.1) is 0 Å². The SMILES string of the molecule is CC1CCN(C(=O)c2cnc(-c3ccc4c(c3)OCO4)s2)c2ccccc21. The molecule has 0 N–H and O–H groups in total. The molecule has 136 valence electrons. The Hall–Kier alpha value is -2.86. The molecule has 5 rings (SSSR count). The summed E-state index contributed by atoms with van der Waals surface area (Å²) in [6.45, 7) is 3.19. The average molecular weight is 378 g/mol. The maximum Gasteiger partial charge on any atom is 0.270 e. The zero-order chi connectivity index (χ0) is 18.4. The second-order valence-corrected chi connectivity index (χ2v) is 7.83. The van der Waals surface area contributed by atoms with Gasteiger partial charge in [0.05, 0.1) is 6.20 Å². The molecule has 2 aromatic carbocycles. The molecule has 0 saturated heterocycles. The van der Waals surface area contributed by atoms with Crippen molar-refractivity contribution in [2.24, 2.45) is 0 Å². The molecule has 0 radical (unpaired) electrons. The van der Waals surface area contributed by atoms with Crippen LogP contribution in [0.5, 0.6) is 11.5 Å². The molecule has 0 fully saturated rings. The van der Waals surface area contributed by atoms with Gasteiger partial charge in [-0.2, -0.15) is 0 Å². The van der Waals surface area contributed by atoms with E-state index in [-0.39, 0.29) is 12.7 Å². The minimum Gasteiger partial charge on any atom is -0.454 e. The van der Waals surface area contributed by atoms with Crippen molar-refractivity contribution in [2.75, 3.05) is 18.2 Å². The van der Waals surface area contributed by atoms with Gasteiger partial charge in [0.25, 0.3) is 5.91 Å². The zero-order valence-corrected chi connectivity index (χ0v) is 15.7. The fourth-order valence-corrected chi connectivity index (χ4v) is 4.49. The Morgan fingerprint density at radius 1 is 1.19 bits per heavy atom. The van der Waals surface area contributed by atoms with E-state index in [2.05, 4.69) is 18.0 Å². The van der Waals surface area contributed by atoms with Gasteiger partial charge in [-0.05, 0) is 42.2 Å². The number of hydrogen-bond acceptors (Lipinski definition) is 5. The predicted molar refractivity (Wildman–Crippen MR) is 105 cm³/mol. The van der Waals surface area contributed by atoms with Gasteiger partial charge in [-0.25, -0.2) is 4.98 Å². The number of carbonyl (C=O) groups excluding carboxylic acids is 1. The second kappa shape index (κ2) is 6.39. The lowest BCUT2D eigenvalue weighted by atomic mass is 9.91. The monoisotopic (exact) mass is 378 g/mol. The molecule has 5 nitrogen and oxygen atoms in total. The van der Waals surface area contributed by atoms with E-state index in [1.165, 1.54) is 16.9 Å². The van der Waals surface area contributed by atoms with Crippen LogP contribution in [0.1, 0.15) is 34.5 Å². The summed E-state index contributed by atoms with van der Waals surface area (Å²) >= 11 is 1.41. The molecule has 0 spiro atoms. The third-order valence-corrected chi connectivity index (χ3v) is 6.16. The summed E-state index contributed by atoms with van der Waals surface area (Å²) in [7, 11) is 0. The highest BCUT2D eigenvalue weighted by molar-refractivity contribution is 7.17. The molecule has 1 amide bonds. The van der Waals surface area contributed by atoms with Gasteiger partial charge in [0.2, 0.25) is 6.79 Å². The number of thiazole rings is 1. The second-order valence-electron chi connectivity index (χ2n) is 6.80. The van der Waals surface area contributed by atoms with Crippen LogP contribution in [0.25, 0.3) is 10.6 Å². The summed E-state index contributed by atoms with van der Waals surface area (Å²) in [5.74, 6) is 1.94. The molecule has 3 heterocycles. The lowest BCUT2D eigenvalue weighted by Crippen LogP contribution is -2.35. The molecule has 0 aliphatic carbocycles. The van der Waals surface area contributed by atoms with E-state index in [1.54, 1.807) is 6.20 Å². The van der Waals surface area contributed by atoms with E-state index in [1.807, 2.05) is 41.3 Å². The first-order valence-corrected chi connectivity index (χ1v) is 9.79. The van der Waals surface area contributed by atoms with Crippen LogP contribution in [0.2, 0.25) is 0 Å². The van der Waals surface area contributed by atoms with Crippen molar-refractivity contribution >= 4 is 22.9 Å². The number of carbonyl (C=O) groups is 1. The molecule has 1 aromatic heterocycles. The number of amides is 1. The normalized spacial score (nSPS) is 17.7. The van der Waals surface area contributed by atoms with E-state index in [0.717, 1.165) is 40.7 Å². The van der Waals surface area contributed by atoms with Gasteiger partial charge in [-0.1, -0.05) is 25.1 Å². The van der Waals surface area contributed by atoms with Crippen LogP contribution in [0.4, 0.5) is 5.69 Å². The van der Waals surface area contributed by atoms with Crippen molar-refractivity contribution in [3.63, 3.8) is 0 Å². The average Bonchev–Trinajstić information content (AvgIpc) is 3.37. The Morgan fingerprint density at radius 3 is 2.96 bits per heavy atom. The van der Waals surface area contributed by atoms with Gasteiger partial charge in [0.15, 0.2) is 11.5 Å². The van der Waals surface area contributed by atoms with Gasteiger partial charge in [0.1, 0.15) is 9.88 Å². The summed E-state index contributed by atoms with van der Waals surface area (Å²) in [6, 6.07) is 13.9. The number of hydrogen-bond donors (Lipinski definition) is 0. The van der Waals surface area contributed by atoms with Gasteiger partial charge in [-0.3, -0.25) is 4.79 Å². The van der Waals surface area contributed by atoms with E-state index >= 15 is 0 Å². The summed E-state index contributed by atoms with van der Waals surface area (Å²) in [5.41, 5.74) is 3.17. The van der Waals surface area contributed by atoms with Crippen LogP contribution in [-0.4, -0.2) is 24.2 Å². The molecule has 3 aromatic rings. The highest BCUT2D eigenvalue weighted by Gasteiger charge is 2.28. The van der Waals surface area contributed by atoms with Crippen molar-refractivity contribution in [3.05, 3.63) is 59.1 Å². The summed E-state index contributed by atoms with van der Waals surface area (Å²) in [6.07, 6.45) is 2.64. The van der Waals surface area contributed by atoms with Crippen LogP contribution in [-0.2, 0) is 0 Å². The lowest BCUT2D eigenvalue weighted by molar-refractivity contribution is 0.0988. The first-order valence-electron chi connectivity index (χ1n) is 8.97. The number of anilines is 1. The van der Waals surface area contributed by atoms with E-state index in [0.29, 0.717) is 10.8 Å². The summed E-state index contributed by atoms with van der Waals surface area (Å²) < 4.78 is 10.8. The third kappa shape index (κ3) is 2.77. The molecule has 2 aliphatic heterocycles. The third-order valence-electron chi connectivity index (χ3n) is 5.13. The number of nitrogens with zero attached hydrogens (tertiary/aromatic N) is 2. The van der Waals surface area contributed by atoms with E-state index in [9.17, 15) is 4.79 Å². The number of aromatic nitrogens is 1. The predicted octanol–water partition coefficient (Wildman–Crippen LogP) is 4.69. The maximum absolute atomic E-state index is 13.2. The van der Waals surface area contributed by atoms with Crippen LogP contribution < -0.4 is 14.4 Å². The first kappa shape index (κ1) is 16.3. The number of benzene rings is 2. The standard InChI is InChI=1S/C21H18N2O3S/c1-13-8-9-23(16-5-3-2-4-15(13)16)21(24)19-11-22-20(27-19)14-6-7-17-18(10-14)26-12-25-17/h2-7,10-11,13H,8-9,12H2,1H3. The number of fused-ring (bicyclic) bond motifs is 2. The van der Waals surface area contributed by atoms with Gasteiger partial charge in [-0.15, -0.1) is 11.3 Å². The van der Waals surface area contributed by atoms with E-state index < -0.39 is 0 Å². The summed E-state index contributed by atoms with van der Waals surface area (Å²) in [5, 5.41) is 0.801. The maximum atomic E-state index is 13.2. The fraction of sp³-hybridized carbons (Fsp3) is 0.238. The largest absolute Gasteiger partial charge is 0.454 e. The molecule has 2 aliphatic rings. The minimum absolute atomic E-state index is 0.0128. The topological polar surface area (TPSA) is 51.7 Å². The first-order chi connectivity index (χ1) is 13.2. The van der Waals surface area contributed by atoms with Crippen LogP contribution in [0.3, 0.4) is 0 Å². The minimum atomic E-state index is 0.0128. The van der Waals surface area contributed by atoms with Crippen molar-refractivity contribution in [1.82, 2.24) is 4.98 Å². The summed E-state index contributed by atoms with van der Waals surface area (Å²) in [4.78, 5) is 20.2. The number of para-hydroxylation sites is 1. The molecule has 6 heteroatoms. The molecular weight excluding hydrogens is 360 g/mol. The quantitative estimate of drug-likeness (QED) is 0.649. The Labute approximate surface area is 161 Å². The van der Waals surface area contributed by atoms with Gasteiger partial charge in [0, 0.05) is 17.8 Å². The van der Waals surface area contributed by atoms with Crippen LogP contribution >= 0.6 is 11.3 Å². The molecule has 0 saturated carbocycles. The molecule has 27 heavy (non-hydrogen) atoms. The zero-order valence-electron chi connectivity index (χ0n) is 14.8. The van der Waals surface area contributed by atoms with Gasteiger partial charge < -0.3 is 14.4 Å². The Morgan fingerprint density at radius 2 is 2.04 bits per heavy atom. The smallest absolute Gasteiger partial charge is 0.270 e. The molecule has 1 unspecified atom stereocenters. The van der Waals surface area contributed by atoms with E-state index in [4.69, 9.17) is 9.47 Å². The molecule has 0 bridgehead atoms. The highest BCUT2D eigenvalue weighted by Crippen LogP contribution is 2.39. The Bertz CT molecular complexity index is 1030. The van der Waals surface area contributed by atoms with Crippen LogP contribution in [0.15, 0.2) is 48.7 Å². The van der Waals surface area contributed by atoms with Crippen molar-refractivity contribution in [1.29, 1.82) is 0 Å². The van der Waals surface area contributed by atoms with Gasteiger partial charge >= 0.3 is 0 Å². The molecular formula is C21H18N2O3S. The fourth-order valence-electron chi connectivity index (χ4n) is 3.63. The number of rotatable bonds is 2. The van der Waals surface area contributed by atoms with Crippen molar-refractivity contribution in [2.45, 2.75) is 19.3 Å². The Kier molecular flexibility index (Phi) is 3.86. The van der Waals surface area contributed by atoms with Crippen molar-refractivity contribution in [3.8, 4) is 22.1 Å².